The van der Waals surface area contributed by atoms with Crippen LogP contribution in [0.5, 0.6) is 0 Å². The molecule has 2 aromatic rings. The van der Waals surface area contributed by atoms with E-state index in [1.165, 1.54) is 32.0 Å². The number of anilines is 2. The van der Waals surface area contributed by atoms with Gasteiger partial charge in [0.1, 0.15) is 0 Å². The van der Waals surface area contributed by atoms with E-state index in [0.29, 0.717) is 16.9 Å². The van der Waals surface area contributed by atoms with E-state index in [0.717, 1.165) is 0 Å². The number of carbonyl (C=O) groups excluding carboxylic acids is 3. The summed E-state index contributed by atoms with van der Waals surface area (Å²) in [6, 6.07) is 10.3. The number of carbonyl (C=O) groups is 3. The number of hydrogen-bond donors (Lipinski definition) is 2. The second kappa shape index (κ2) is 8.56. The van der Waals surface area contributed by atoms with Gasteiger partial charge in [-0.15, -0.1) is 0 Å². The smallest absolute Gasteiger partial charge is 0.338 e. The highest BCUT2D eigenvalue weighted by Crippen LogP contribution is 2.19. The average molecular weight is 371 g/mol. The van der Waals surface area contributed by atoms with Gasteiger partial charge in [0.15, 0.2) is 6.61 Å². The molecule has 9 nitrogen and oxygen atoms in total. The summed E-state index contributed by atoms with van der Waals surface area (Å²) < 4.78 is 4.92. The summed E-state index contributed by atoms with van der Waals surface area (Å²) in [6.07, 6.45) is 0. The molecule has 2 amide bonds. The molecule has 0 aromatic heterocycles. The maximum atomic E-state index is 12.0. The van der Waals surface area contributed by atoms with Crippen molar-refractivity contribution in [1.82, 2.24) is 0 Å². The first-order valence-corrected chi connectivity index (χ1v) is 7.86. The third kappa shape index (κ3) is 5.63. The van der Waals surface area contributed by atoms with Crippen molar-refractivity contribution in [2.24, 2.45) is 0 Å². The first-order valence-electron chi connectivity index (χ1n) is 7.86. The lowest BCUT2D eigenvalue weighted by Crippen LogP contribution is -2.21. The minimum Gasteiger partial charge on any atom is -0.452 e. The lowest BCUT2D eigenvalue weighted by Gasteiger charge is -2.09. The third-order valence-electron chi connectivity index (χ3n) is 3.43. The maximum Gasteiger partial charge on any atom is 0.338 e. The van der Waals surface area contributed by atoms with Gasteiger partial charge in [-0.1, -0.05) is 6.07 Å². The Morgan fingerprint density at radius 3 is 2.33 bits per heavy atom. The molecule has 0 fully saturated rings. The number of ether oxygens (including phenoxy) is 1. The Bertz CT molecular complexity index is 910. The molecule has 0 aliphatic heterocycles. The Morgan fingerprint density at radius 2 is 1.74 bits per heavy atom. The van der Waals surface area contributed by atoms with Gasteiger partial charge in [-0.2, -0.15) is 0 Å². The summed E-state index contributed by atoms with van der Waals surface area (Å²) in [5.41, 5.74) is 1.25. The summed E-state index contributed by atoms with van der Waals surface area (Å²) in [4.78, 5) is 45.2. The highest BCUT2D eigenvalue weighted by molar-refractivity contribution is 5.96. The van der Waals surface area contributed by atoms with E-state index in [-0.39, 0.29) is 17.2 Å². The molecule has 0 radical (unpaired) electrons. The molecule has 2 rings (SSSR count). The van der Waals surface area contributed by atoms with Crippen LogP contribution in [0.2, 0.25) is 0 Å². The highest BCUT2D eigenvalue weighted by atomic mass is 16.6. The number of benzene rings is 2. The van der Waals surface area contributed by atoms with E-state index >= 15 is 0 Å². The lowest BCUT2D eigenvalue weighted by molar-refractivity contribution is -0.385. The Hall–Kier alpha value is -3.75. The van der Waals surface area contributed by atoms with Gasteiger partial charge >= 0.3 is 5.97 Å². The Balaban J connectivity index is 1.93. The van der Waals surface area contributed by atoms with E-state index in [2.05, 4.69) is 10.6 Å². The molecule has 0 saturated carbocycles. The van der Waals surface area contributed by atoms with Crippen molar-refractivity contribution < 1.29 is 24.0 Å². The van der Waals surface area contributed by atoms with Gasteiger partial charge < -0.3 is 15.4 Å². The van der Waals surface area contributed by atoms with E-state index in [9.17, 15) is 24.5 Å². The second-order valence-electron chi connectivity index (χ2n) is 5.64. The van der Waals surface area contributed by atoms with Crippen molar-refractivity contribution in [3.63, 3.8) is 0 Å². The van der Waals surface area contributed by atoms with Crippen LogP contribution in [0, 0.1) is 17.0 Å². The Labute approximate surface area is 154 Å². The van der Waals surface area contributed by atoms with Crippen molar-refractivity contribution >= 4 is 34.8 Å². The van der Waals surface area contributed by atoms with Crippen LogP contribution in [0.4, 0.5) is 17.1 Å². The molecule has 0 saturated heterocycles. The molecule has 0 bridgehead atoms. The molecule has 9 heteroatoms. The van der Waals surface area contributed by atoms with Gasteiger partial charge in [0.05, 0.1) is 10.5 Å². The topological polar surface area (TPSA) is 128 Å². The zero-order valence-corrected chi connectivity index (χ0v) is 14.6. The standard InChI is InChI=1S/C18H17N3O6/c1-11-8-13(6-7-16(11)21(25)26)18(24)27-10-17(23)20-15-5-3-4-14(9-15)19-12(2)22/h3-9H,10H2,1-2H3,(H,19,22)(H,20,23). The van der Waals surface area contributed by atoms with E-state index in [1.807, 2.05) is 0 Å². The summed E-state index contributed by atoms with van der Waals surface area (Å²) >= 11 is 0. The Morgan fingerprint density at radius 1 is 1.07 bits per heavy atom. The predicted molar refractivity (Wildman–Crippen MR) is 97.5 cm³/mol. The first kappa shape index (κ1) is 19.6. The number of amides is 2. The van der Waals surface area contributed by atoms with E-state index in [4.69, 9.17) is 4.74 Å². The summed E-state index contributed by atoms with van der Waals surface area (Å²) in [7, 11) is 0. The first-order chi connectivity index (χ1) is 12.8. The van der Waals surface area contributed by atoms with Crippen LogP contribution in [0.15, 0.2) is 42.5 Å². The van der Waals surface area contributed by atoms with Crippen LogP contribution in [-0.4, -0.2) is 29.3 Å². The van der Waals surface area contributed by atoms with Crippen molar-refractivity contribution in [2.75, 3.05) is 17.2 Å². The van der Waals surface area contributed by atoms with Crippen LogP contribution in [-0.2, 0) is 14.3 Å². The number of nitro groups is 1. The number of rotatable bonds is 6. The molecule has 0 spiro atoms. The summed E-state index contributed by atoms with van der Waals surface area (Å²) in [5.74, 6) is -1.58. The van der Waals surface area contributed by atoms with Crippen LogP contribution in [0.1, 0.15) is 22.8 Å². The molecule has 0 aliphatic rings. The molecule has 27 heavy (non-hydrogen) atoms. The van der Waals surface area contributed by atoms with Crippen molar-refractivity contribution in [3.05, 3.63) is 63.7 Å². The minimum atomic E-state index is -0.768. The van der Waals surface area contributed by atoms with Crippen molar-refractivity contribution in [1.29, 1.82) is 0 Å². The number of nitrogens with zero attached hydrogens (tertiary/aromatic N) is 1. The molecular weight excluding hydrogens is 354 g/mol. The molecule has 2 aromatic carbocycles. The average Bonchev–Trinajstić information content (AvgIpc) is 2.59. The van der Waals surface area contributed by atoms with Gasteiger partial charge in [-0.3, -0.25) is 19.7 Å². The van der Waals surface area contributed by atoms with Crippen molar-refractivity contribution in [2.45, 2.75) is 13.8 Å². The third-order valence-corrected chi connectivity index (χ3v) is 3.43. The van der Waals surface area contributed by atoms with Gasteiger partial charge in [0.25, 0.3) is 11.6 Å². The van der Waals surface area contributed by atoms with Gasteiger partial charge in [0.2, 0.25) is 5.91 Å². The predicted octanol–water partition coefficient (Wildman–Crippen LogP) is 2.66. The molecule has 140 valence electrons. The normalized spacial score (nSPS) is 10.0. The van der Waals surface area contributed by atoms with Gasteiger partial charge in [0, 0.05) is 29.9 Å². The van der Waals surface area contributed by atoms with E-state index in [1.54, 1.807) is 24.3 Å². The molecular formula is C18H17N3O6. The van der Waals surface area contributed by atoms with Gasteiger partial charge in [-0.05, 0) is 37.3 Å². The molecule has 0 atom stereocenters. The summed E-state index contributed by atoms with van der Waals surface area (Å²) in [6.45, 7) is 2.34. The second-order valence-corrected chi connectivity index (χ2v) is 5.64. The number of aryl methyl sites for hydroxylation is 1. The highest BCUT2D eigenvalue weighted by Gasteiger charge is 2.15. The largest absolute Gasteiger partial charge is 0.452 e. The maximum absolute atomic E-state index is 12.0. The number of esters is 1. The van der Waals surface area contributed by atoms with E-state index < -0.39 is 23.4 Å². The Kier molecular flexibility index (Phi) is 6.21. The molecule has 0 unspecified atom stereocenters. The quantitative estimate of drug-likeness (QED) is 0.456. The zero-order chi connectivity index (χ0) is 20.0. The number of nitrogens with one attached hydrogen (secondary N) is 2. The fraction of sp³-hybridized carbons (Fsp3) is 0.167. The minimum absolute atomic E-state index is 0.108. The van der Waals surface area contributed by atoms with Crippen molar-refractivity contribution in [3.8, 4) is 0 Å². The SMILES string of the molecule is CC(=O)Nc1cccc(NC(=O)COC(=O)c2ccc([N+](=O)[O-])c(C)c2)c1. The lowest BCUT2D eigenvalue weighted by atomic mass is 10.1. The number of hydrogen-bond acceptors (Lipinski definition) is 6. The summed E-state index contributed by atoms with van der Waals surface area (Å²) in [5, 5.41) is 15.9. The van der Waals surface area contributed by atoms with Crippen LogP contribution < -0.4 is 10.6 Å². The van der Waals surface area contributed by atoms with Gasteiger partial charge in [-0.25, -0.2) is 4.79 Å². The fourth-order valence-corrected chi connectivity index (χ4v) is 2.28. The molecule has 0 aliphatic carbocycles. The molecule has 0 heterocycles. The fourth-order valence-electron chi connectivity index (χ4n) is 2.28. The monoisotopic (exact) mass is 371 g/mol. The molecule has 2 N–H and O–H groups in total. The zero-order valence-electron chi connectivity index (χ0n) is 14.6. The van der Waals surface area contributed by atoms with Crippen LogP contribution >= 0.6 is 0 Å². The van der Waals surface area contributed by atoms with Crippen LogP contribution in [0.3, 0.4) is 0 Å². The number of nitro benzene ring substituents is 1. The van der Waals surface area contributed by atoms with Crippen LogP contribution in [0.25, 0.3) is 0 Å².